The van der Waals surface area contributed by atoms with Gasteiger partial charge in [0.15, 0.2) is 7.98 Å². The molecule has 0 aliphatic carbocycles. The summed E-state index contributed by atoms with van der Waals surface area (Å²) in [5.41, 5.74) is 1.91. The van der Waals surface area contributed by atoms with Crippen LogP contribution in [0.4, 0.5) is 11.5 Å². The highest BCUT2D eigenvalue weighted by Crippen LogP contribution is 2.32. The number of aliphatic hydroxyl groups excluding tert-OH is 1. The van der Waals surface area contributed by atoms with E-state index in [1.54, 1.807) is 18.2 Å². The smallest absolute Gasteiger partial charge is 0.221 e. The number of benzene rings is 1. The highest BCUT2D eigenvalue weighted by atomic mass is 35.5. The van der Waals surface area contributed by atoms with Crippen LogP contribution >= 0.6 is 11.6 Å². The van der Waals surface area contributed by atoms with E-state index < -0.39 is 0 Å². The third-order valence-electron chi connectivity index (χ3n) is 5.42. The van der Waals surface area contributed by atoms with Crippen LogP contribution in [0.15, 0.2) is 24.5 Å². The average Bonchev–Trinajstić information content (AvgIpc) is 2.72. The summed E-state index contributed by atoms with van der Waals surface area (Å²) in [6, 6.07) is 7.11. The Hall–Kier alpha value is -2.34. The first-order chi connectivity index (χ1) is 14.0. The van der Waals surface area contributed by atoms with Crippen LogP contribution in [0.5, 0.6) is 5.88 Å². The van der Waals surface area contributed by atoms with Gasteiger partial charge in [0.25, 0.3) is 0 Å². The van der Waals surface area contributed by atoms with Gasteiger partial charge in [0.2, 0.25) is 5.88 Å². The molecule has 0 spiro atoms. The number of aliphatic hydroxyl groups is 1. The van der Waals surface area contributed by atoms with Gasteiger partial charge in [-0.3, -0.25) is 0 Å². The molecule has 3 unspecified atom stereocenters. The van der Waals surface area contributed by atoms with Gasteiger partial charge in [-0.1, -0.05) is 18.5 Å². The number of nitrogens with zero attached hydrogens (tertiary/aromatic N) is 4. The largest absolute Gasteiger partial charge is 0.473 e. The molecule has 2 aromatic rings. The SMILES string of the molecule is BN1CC(CC)C(Oc2ncnc(Nc3ccc(C#N)cc3Cl)c2C)C(CO)C1. The predicted octanol–water partition coefficient (Wildman–Crippen LogP) is 2.30. The van der Waals surface area contributed by atoms with Gasteiger partial charge in [-0.05, 0) is 44.6 Å². The Balaban J connectivity index is 1.84. The number of hydrogen-bond acceptors (Lipinski definition) is 7. The van der Waals surface area contributed by atoms with Crippen LogP contribution in [-0.2, 0) is 0 Å². The van der Waals surface area contributed by atoms with Crippen LogP contribution in [0.3, 0.4) is 0 Å². The van der Waals surface area contributed by atoms with Gasteiger partial charge in [-0.25, -0.2) is 9.97 Å². The van der Waals surface area contributed by atoms with Crippen molar-refractivity contribution in [1.82, 2.24) is 14.8 Å². The lowest BCUT2D eigenvalue weighted by Crippen LogP contribution is -2.52. The molecular weight excluding hydrogens is 389 g/mol. The van der Waals surface area contributed by atoms with Crippen molar-refractivity contribution < 1.29 is 9.84 Å². The Labute approximate surface area is 177 Å². The average molecular weight is 414 g/mol. The number of nitriles is 1. The van der Waals surface area contributed by atoms with Gasteiger partial charge in [0, 0.05) is 11.8 Å². The summed E-state index contributed by atoms with van der Waals surface area (Å²) in [4.78, 5) is 10.9. The Morgan fingerprint density at radius 2 is 2.14 bits per heavy atom. The molecule has 0 amide bonds. The van der Waals surface area contributed by atoms with E-state index in [0.717, 1.165) is 25.1 Å². The molecule has 3 atom stereocenters. The third-order valence-corrected chi connectivity index (χ3v) is 5.73. The Bertz CT molecular complexity index is 893. The third kappa shape index (κ3) is 4.81. The number of piperidine rings is 1. The zero-order chi connectivity index (χ0) is 21.0. The van der Waals surface area contributed by atoms with Crippen LogP contribution in [0.1, 0.15) is 24.5 Å². The molecule has 3 rings (SSSR count). The molecule has 1 saturated heterocycles. The second-order valence-electron chi connectivity index (χ2n) is 7.50. The number of rotatable bonds is 6. The molecule has 1 aliphatic rings. The zero-order valence-electron chi connectivity index (χ0n) is 16.9. The van der Waals surface area contributed by atoms with Crippen molar-refractivity contribution in [3.8, 4) is 11.9 Å². The second-order valence-corrected chi connectivity index (χ2v) is 7.91. The van der Waals surface area contributed by atoms with Gasteiger partial charge in [0.05, 0.1) is 34.5 Å². The molecule has 1 aromatic heterocycles. The van der Waals surface area contributed by atoms with Crippen molar-refractivity contribution >= 4 is 31.1 Å². The fourth-order valence-corrected chi connectivity index (χ4v) is 4.03. The van der Waals surface area contributed by atoms with E-state index in [0.29, 0.717) is 33.9 Å². The van der Waals surface area contributed by atoms with Crippen LogP contribution < -0.4 is 10.1 Å². The molecule has 0 radical (unpaired) electrons. The molecule has 152 valence electrons. The number of nitrogens with one attached hydrogen (secondary N) is 1. The molecule has 1 fully saturated rings. The molecule has 9 heteroatoms. The minimum atomic E-state index is -0.110. The first-order valence-electron chi connectivity index (χ1n) is 9.71. The minimum Gasteiger partial charge on any atom is -0.473 e. The fourth-order valence-electron chi connectivity index (χ4n) is 3.80. The van der Waals surface area contributed by atoms with Gasteiger partial charge in [-0.15, -0.1) is 0 Å². The number of halogens is 1. The summed E-state index contributed by atoms with van der Waals surface area (Å²) in [6.45, 7) is 5.81. The highest BCUT2D eigenvalue weighted by molar-refractivity contribution is 6.33. The maximum Gasteiger partial charge on any atom is 0.221 e. The molecule has 7 nitrogen and oxygen atoms in total. The molecule has 2 heterocycles. The van der Waals surface area contributed by atoms with Crippen molar-refractivity contribution in [2.24, 2.45) is 11.8 Å². The van der Waals surface area contributed by atoms with Crippen LogP contribution in [0.25, 0.3) is 0 Å². The normalized spacial score (nSPS) is 22.1. The number of anilines is 2. The highest BCUT2D eigenvalue weighted by Gasteiger charge is 2.36. The molecule has 1 aliphatic heterocycles. The topological polar surface area (TPSA) is 94.3 Å². The standard InChI is InChI=1S/C20H25BClN5O2/c1-3-14-8-27(21)9-15(10-28)18(14)29-20-12(2)19(24-11-25-20)26-17-5-4-13(7-23)6-16(17)22/h4-6,11,14-15,18,28H,3,8-10,21H2,1-2H3,(H,24,25,26). The Morgan fingerprint density at radius 3 is 2.79 bits per heavy atom. The van der Waals surface area contributed by atoms with E-state index in [-0.39, 0.29) is 18.6 Å². The molecule has 0 bridgehead atoms. The van der Waals surface area contributed by atoms with Crippen molar-refractivity contribution in [3.63, 3.8) is 0 Å². The molecule has 29 heavy (non-hydrogen) atoms. The monoisotopic (exact) mass is 413 g/mol. The van der Waals surface area contributed by atoms with Gasteiger partial charge in [0.1, 0.15) is 18.2 Å². The maximum absolute atomic E-state index is 9.87. The van der Waals surface area contributed by atoms with Crippen molar-refractivity contribution in [2.45, 2.75) is 26.4 Å². The second kappa shape index (κ2) is 9.44. The number of aromatic nitrogens is 2. The maximum atomic E-state index is 9.87. The molecule has 2 N–H and O–H groups in total. The minimum absolute atomic E-state index is 0.0254. The quantitative estimate of drug-likeness (QED) is 0.702. The fraction of sp³-hybridized carbons (Fsp3) is 0.450. The first kappa shape index (κ1) is 21.4. The van der Waals surface area contributed by atoms with E-state index in [1.807, 2.05) is 6.92 Å². The van der Waals surface area contributed by atoms with E-state index in [2.05, 4.69) is 41.1 Å². The van der Waals surface area contributed by atoms with E-state index >= 15 is 0 Å². The lowest BCUT2D eigenvalue weighted by Gasteiger charge is -2.41. The summed E-state index contributed by atoms with van der Waals surface area (Å²) in [6.07, 6.45) is 2.30. The Kier molecular flexibility index (Phi) is 6.96. The summed E-state index contributed by atoms with van der Waals surface area (Å²) in [5, 5.41) is 22.5. The van der Waals surface area contributed by atoms with Crippen molar-refractivity contribution in [3.05, 3.63) is 40.7 Å². The Morgan fingerprint density at radius 1 is 1.38 bits per heavy atom. The summed E-state index contributed by atoms with van der Waals surface area (Å²) in [7, 11) is 2.07. The van der Waals surface area contributed by atoms with E-state index in [9.17, 15) is 5.11 Å². The number of hydrogen-bond donors (Lipinski definition) is 2. The van der Waals surface area contributed by atoms with Gasteiger partial charge >= 0.3 is 0 Å². The van der Waals surface area contributed by atoms with Crippen LogP contribution in [-0.4, -0.2) is 53.7 Å². The first-order valence-corrected chi connectivity index (χ1v) is 10.1. The lowest BCUT2D eigenvalue weighted by atomic mass is 9.83. The molecule has 0 saturated carbocycles. The summed E-state index contributed by atoms with van der Waals surface area (Å²) >= 11 is 6.27. The van der Waals surface area contributed by atoms with E-state index in [1.165, 1.54) is 6.33 Å². The number of ether oxygens (including phenoxy) is 1. The molecule has 1 aromatic carbocycles. The summed E-state index contributed by atoms with van der Waals surface area (Å²) in [5.74, 6) is 1.42. The van der Waals surface area contributed by atoms with E-state index in [4.69, 9.17) is 21.6 Å². The van der Waals surface area contributed by atoms with Crippen LogP contribution in [0, 0.1) is 30.1 Å². The molecular formula is C20H25BClN5O2. The van der Waals surface area contributed by atoms with Crippen molar-refractivity contribution in [1.29, 1.82) is 5.26 Å². The zero-order valence-corrected chi connectivity index (χ0v) is 17.6. The van der Waals surface area contributed by atoms with Gasteiger partial charge < -0.3 is 20.0 Å². The summed E-state index contributed by atoms with van der Waals surface area (Å²) < 4.78 is 6.33. The predicted molar refractivity (Wildman–Crippen MR) is 115 cm³/mol. The van der Waals surface area contributed by atoms with Crippen LogP contribution in [0.2, 0.25) is 5.02 Å². The van der Waals surface area contributed by atoms with Crippen molar-refractivity contribution in [2.75, 3.05) is 25.0 Å². The lowest BCUT2D eigenvalue weighted by molar-refractivity contribution is -0.00703. The van der Waals surface area contributed by atoms with Gasteiger partial charge in [-0.2, -0.15) is 5.26 Å².